The van der Waals surface area contributed by atoms with Crippen molar-refractivity contribution in [1.29, 1.82) is 0 Å². The number of hydrogen-bond donors (Lipinski definition) is 0. The highest BCUT2D eigenvalue weighted by molar-refractivity contribution is 7.10. The van der Waals surface area contributed by atoms with Crippen LogP contribution in [0.3, 0.4) is 0 Å². The minimum absolute atomic E-state index is 0.216. The zero-order valence-electron chi connectivity index (χ0n) is 11.2. The second-order valence-electron chi connectivity index (χ2n) is 4.95. The maximum atomic E-state index is 12.5. The Balaban J connectivity index is 1.88. The lowest BCUT2D eigenvalue weighted by Crippen LogP contribution is -2.12. The Morgan fingerprint density at radius 3 is 2.35 bits per heavy atom. The van der Waals surface area contributed by atoms with Crippen LogP contribution in [0.15, 0.2) is 59.0 Å². The fraction of sp³-hybridized carbons (Fsp3) is 0.167. The molecule has 0 N–H and O–H groups in total. The molecule has 0 unspecified atom stereocenters. The molecular weight excluding hydrogens is 264 g/mol. The summed E-state index contributed by atoms with van der Waals surface area (Å²) < 4.78 is 0. The molecule has 1 aliphatic carbocycles. The molecule has 1 aliphatic rings. The molecule has 0 saturated heterocycles. The zero-order chi connectivity index (χ0) is 13.8. The average molecular weight is 280 g/mol. The third-order valence-corrected chi connectivity index (χ3v) is 4.29. The highest BCUT2D eigenvalue weighted by Crippen LogP contribution is 2.28. The second-order valence-corrected chi connectivity index (χ2v) is 5.93. The fourth-order valence-electron chi connectivity index (χ4n) is 2.47. The molecular formula is C18H16OS. The summed E-state index contributed by atoms with van der Waals surface area (Å²) in [6, 6.07) is 14.2. The lowest BCUT2D eigenvalue weighted by atomic mass is 9.87. The van der Waals surface area contributed by atoms with Crippen LogP contribution in [0, 0.1) is 0 Å². The standard InChI is InChI=1S/C18H16OS/c19-18-15(12-14-6-2-1-3-7-14)8-4-9-16(18)13-17-10-5-11-20-17/h1-3,5-7,10-13H,4,8-9H2/b15-12-,16-13+. The van der Waals surface area contributed by atoms with Gasteiger partial charge in [-0.15, -0.1) is 11.3 Å². The maximum Gasteiger partial charge on any atom is 0.185 e. The van der Waals surface area contributed by atoms with E-state index in [0.29, 0.717) is 0 Å². The minimum Gasteiger partial charge on any atom is -0.289 e. The van der Waals surface area contributed by atoms with Crippen LogP contribution in [-0.4, -0.2) is 5.78 Å². The molecule has 2 heteroatoms. The number of thiophene rings is 1. The lowest BCUT2D eigenvalue weighted by Gasteiger charge is -2.16. The van der Waals surface area contributed by atoms with Gasteiger partial charge in [-0.1, -0.05) is 36.4 Å². The molecule has 20 heavy (non-hydrogen) atoms. The zero-order valence-corrected chi connectivity index (χ0v) is 12.0. The Labute approximate surface area is 123 Å². The van der Waals surface area contributed by atoms with E-state index in [4.69, 9.17) is 0 Å². The van der Waals surface area contributed by atoms with Crippen molar-refractivity contribution in [3.05, 3.63) is 69.4 Å². The molecule has 0 atom stereocenters. The van der Waals surface area contributed by atoms with Crippen LogP contribution < -0.4 is 0 Å². The predicted octanol–water partition coefficient (Wildman–Crippen LogP) is 4.97. The largest absolute Gasteiger partial charge is 0.289 e. The van der Waals surface area contributed by atoms with Crippen LogP contribution >= 0.6 is 11.3 Å². The number of rotatable bonds is 2. The van der Waals surface area contributed by atoms with Crippen LogP contribution in [0.5, 0.6) is 0 Å². The van der Waals surface area contributed by atoms with Gasteiger partial charge in [0.2, 0.25) is 0 Å². The SMILES string of the molecule is O=C1/C(=C\c2ccccc2)CCC/C1=C\c1cccs1. The second kappa shape index (κ2) is 6.02. The molecule has 0 aliphatic heterocycles. The number of ketones is 1. The van der Waals surface area contributed by atoms with Crippen LogP contribution in [0.2, 0.25) is 0 Å². The normalized spacial score (nSPS) is 19.7. The van der Waals surface area contributed by atoms with Gasteiger partial charge in [0.1, 0.15) is 0 Å². The number of Topliss-reactive ketones (excluding diaryl/α,β-unsaturated/α-hetero) is 1. The molecule has 1 fully saturated rings. The van der Waals surface area contributed by atoms with E-state index in [1.54, 1.807) is 11.3 Å². The first-order valence-corrected chi connectivity index (χ1v) is 7.75. The van der Waals surface area contributed by atoms with Crippen molar-refractivity contribution in [2.24, 2.45) is 0 Å². The van der Waals surface area contributed by atoms with Gasteiger partial charge in [0.05, 0.1) is 0 Å². The predicted molar refractivity (Wildman–Crippen MR) is 85.6 cm³/mol. The van der Waals surface area contributed by atoms with Gasteiger partial charge in [0.25, 0.3) is 0 Å². The smallest absolute Gasteiger partial charge is 0.185 e. The number of benzene rings is 1. The van der Waals surface area contributed by atoms with Crippen LogP contribution in [-0.2, 0) is 4.79 Å². The Morgan fingerprint density at radius 1 is 0.900 bits per heavy atom. The molecule has 0 spiro atoms. The monoisotopic (exact) mass is 280 g/mol. The van der Waals surface area contributed by atoms with Crippen molar-refractivity contribution in [2.75, 3.05) is 0 Å². The average Bonchev–Trinajstić information content (AvgIpc) is 2.97. The topological polar surface area (TPSA) is 17.1 Å². The lowest BCUT2D eigenvalue weighted by molar-refractivity contribution is -0.112. The molecule has 1 aromatic heterocycles. The van der Waals surface area contributed by atoms with Crippen molar-refractivity contribution in [3.63, 3.8) is 0 Å². The molecule has 100 valence electrons. The molecule has 3 rings (SSSR count). The van der Waals surface area contributed by atoms with Crippen LogP contribution in [0.4, 0.5) is 0 Å². The Bertz CT molecular complexity index is 648. The maximum absolute atomic E-state index is 12.5. The van der Waals surface area contributed by atoms with Gasteiger partial charge in [-0.2, -0.15) is 0 Å². The van der Waals surface area contributed by atoms with Gasteiger partial charge in [0, 0.05) is 16.0 Å². The van der Waals surface area contributed by atoms with Crippen LogP contribution in [0.25, 0.3) is 12.2 Å². The highest BCUT2D eigenvalue weighted by Gasteiger charge is 2.20. The van der Waals surface area contributed by atoms with E-state index in [9.17, 15) is 4.79 Å². The van der Waals surface area contributed by atoms with E-state index in [1.165, 1.54) is 0 Å². The highest BCUT2D eigenvalue weighted by atomic mass is 32.1. The molecule has 0 amide bonds. The molecule has 2 aromatic rings. The Morgan fingerprint density at radius 2 is 1.65 bits per heavy atom. The molecule has 0 radical (unpaired) electrons. The van der Waals surface area contributed by atoms with Crippen molar-refractivity contribution in [3.8, 4) is 0 Å². The van der Waals surface area contributed by atoms with Gasteiger partial charge >= 0.3 is 0 Å². The van der Waals surface area contributed by atoms with Crippen molar-refractivity contribution < 1.29 is 4.79 Å². The van der Waals surface area contributed by atoms with E-state index >= 15 is 0 Å². The molecule has 1 aromatic carbocycles. The first kappa shape index (κ1) is 13.1. The van der Waals surface area contributed by atoms with Gasteiger partial charge in [-0.05, 0) is 48.4 Å². The molecule has 0 bridgehead atoms. The summed E-state index contributed by atoms with van der Waals surface area (Å²) in [6.45, 7) is 0. The van der Waals surface area contributed by atoms with Gasteiger partial charge in [-0.25, -0.2) is 0 Å². The molecule has 1 saturated carbocycles. The first-order valence-electron chi connectivity index (χ1n) is 6.87. The van der Waals surface area contributed by atoms with Crippen molar-refractivity contribution >= 4 is 29.3 Å². The van der Waals surface area contributed by atoms with Gasteiger partial charge in [0.15, 0.2) is 5.78 Å². The number of carbonyl (C=O) groups is 1. The summed E-state index contributed by atoms with van der Waals surface area (Å²) in [5.41, 5.74) is 2.99. The summed E-state index contributed by atoms with van der Waals surface area (Å²) in [5.74, 6) is 0.216. The van der Waals surface area contributed by atoms with E-state index in [-0.39, 0.29) is 5.78 Å². The van der Waals surface area contributed by atoms with E-state index < -0.39 is 0 Å². The quantitative estimate of drug-likeness (QED) is 0.710. The Kier molecular flexibility index (Phi) is 3.93. The minimum atomic E-state index is 0.216. The molecule has 1 heterocycles. The van der Waals surface area contributed by atoms with E-state index in [2.05, 4.69) is 6.07 Å². The Hall–Kier alpha value is -1.93. The molecule has 1 nitrogen and oxygen atoms in total. The third kappa shape index (κ3) is 2.97. The number of hydrogen-bond acceptors (Lipinski definition) is 2. The summed E-state index contributed by atoms with van der Waals surface area (Å²) in [5, 5.41) is 2.04. The van der Waals surface area contributed by atoms with Gasteiger partial charge in [-0.3, -0.25) is 4.79 Å². The van der Waals surface area contributed by atoms with Gasteiger partial charge < -0.3 is 0 Å². The fourth-order valence-corrected chi connectivity index (χ4v) is 3.16. The van der Waals surface area contributed by atoms with Crippen molar-refractivity contribution in [1.82, 2.24) is 0 Å². The van der Waals surface area contributed by atoms with Crippen molar-refractivity contribution in [2.45, 2.75) is 19.3 Å². The number of allylic oxidation sites excluding steroid dienone is 2. The van der Waals surface area contributed by atoms with E-state index in [0.717, 1.165) is 40.8 Å². The third-order valence-electron chi connectivity index (χ3n) is 3.48. The number of carbonyl (C=O) groups excluding carboxylic acids is 1. The summed E-state index contributed by atoms with van der Waals surface area (Å²) in [7, 11) is 0. The summed E-state index contributed by atoms with van der Waals surface area (Å²) >= 11 is 1.68. The summed E-state index contributed by atoms with van der Waals surface area (Å²) in [4.78, 5) is 13.7. The van der Waals surface area contributed by atoms with E-state index in [1.807, 2.05) is 53.9 Å². The first-order chi connectivity index (χ1) is 9.83. The van der Waals surface area contributed by atoms with Crippen LogP contribution in [0.1, 0.15) is 29.7 Å². The summed E-state index contributed by atoms with van der Waals surface area (Å²) in [6.07, 6.45) is 6.91.